The number of aliphatic hydroxyl groups is 2. The van der Waals surface area contributed by atoms with E-state index in [0.717, 1.165) is 4.57 Å². The van der Waals surface area contributed by atoms with E-state index in [1.165, 1.54) is 7.11 Å². The number of nitrogens with zero attached hydrogens (tertiary/aromatic N) is 2. The number of aromatic amines is 1. The maximum atomic E-state index is 12.2. The molecule has 0 spiro atoms. The van der Waals surface area contributed by atoms with Crippen LogP contribution in [0.15, 0.2) is 9.59 Å². The molecule has 5 N–H and O–H groups in total. The van der Waals surface area contributed by atoms with Gasteiger partial charge >= 0.3 is 4.87 Å². The average Bonchev–Trinajstić information content (AvgIpc) is 2.99. The van der Waals surface area contributed by atoms with Gasteiger partial charge in [0.25, 0.3) is 5.56 Å². The van der Waals surface area contributed by atoms with Gasteiger partial charge in [0.2, 0.25) is 5.95 Å². The summed E-state index contributed by atoms with van der Waals surface area (Å²) in [5, 5.41) is 20.1. The molecule has 3 rings (SSSR count). The number of H-pyrrole nitrogens is 1. The smallest absolute Gasteiger partial charge is 0.311 e. The largest absolute Gasteiger partial charge is 0.388 e. The van der Waals surface area contributed by atoms with Gasteiger partial charge in [0.15, 0.2) is 11.9 Å². The number of nitrogen functional groups attached to an aromatic ring is 1. The first-order valence-corrected chi connectivity index (χ1v) is 7.65. The van der Waals surface area contributed by atoms with Crippen molar-refractivity contribution in [2.75, 3.05) is 19.5 Å². The number of anilines is 1. The normalized spacial score (nSPS) is 24.9. The van der Waals surface area contributed by atoms with Crippen molar-refractivity contribution in [2.24, 2.45) is 0 Å². The van der Waals surface area contributed by atoms with E-state index in [1.807, 2.05) is 0 Å². The van der Waals surface area contributed by atoms with Gasteiger partial charge in [-0.15, -0.1) is 0 Å². The van der Waals surface area contributed by atoms with E-state index in [0.29, 0.717) is 11.3 Å². The van der Waals surface area contributed by atoms with Gasteiger partial charge in [-0.3, -0.25) is 19.1 Å². The lowest BCUT2D eigenvalue weighted by Crippen LogP contribution is -2.31. The molecule has 0 bridgehead atoms. The van der Waals surface area contributed by atoms with Crippen LogP contribution in [0.25, 0.3) is 10.3 Å². The van der Waals surface area contributed by atoms with Gasteiger partial charge in [-0.25, -0.2) is 0 Å². The van der Waals surface area contributed by atoms with Crippen LogP contribution >= 0.6 is 11.3 Å². The van der Waals surface area contributed by atoms with Gasteiger partial charge in [-0.1, -0.05) is 18.8 Å². The van der Waals surface area contributed by atoms with Crippen molar-refractivity contribution in [1.29, 1.82) is 0 Å². The first kappa shape index (κ1) is 18.5. The molecular formula is C13H20N4O6S. The standard InChI is InChI=1S/C12H16N4O6S.CH4/c1-21-3-5(18)6-2-4(17)10(22-6)16-8-7(23-12(16)20)9(19)15-11(13)14-8;/h4-6,10,17-18H,2-3H2,1H3,(H3,13,14,15,19);1H4/t4-,5?,6+,10-;/m1./s1. The van der Waals surface area contributed by atoms with Crippen molar-refractivity contribution in [3.8, 4) is 0 Å². The van der Waals surface area contributed by atoms with Crippen LogP contribution in [0, 0.1) is 0 Å². The molecule has 1 saturated heterocycles. The first-order valence-electron chi connectivity index (χ1n) is 6.83. The number of aliphatic hydroxyl groups excluding tert-OH is 2. The minimum atomic E-state index is -1.05. The third-order valence-electron chi connectivity index (χ3n) is 3.63. The van der Waals surface area contributed by atoms with Gasteiger partial charge in [-0.2, -0.15) is 4.98 Å². The fraction of sp³-hybridized carbons (Fsp3) is 0.615. The van der Waals surface area contributed by atoms with Crippen LogP contribution < -0.4 is 16.2 Å². The van der Waals surface area contributed by atoms with Gasteiger partial charge in [-0.05, 0) is 0 Å². The van der Waals surface area contributed by atoms with E-state index < -0.39 is 35.0 Å². The molecule has 0 saturated carbocycles. The van der Waals surface area contributed by atoms with Crippen LogP contribution in [-0.4, -0.2) is 56.8 Å². The summed E-state index contributed by atoms with van der Waals surface area (Å²) >= 11 is 0.690. The lowest BCUT2D eigenvalue weighted by atomic mass is 10.1. The molecule has 0 amide bonds. The predicted molar refractivity (Wildman–Crippen MR) is 88.1 cm³/mol. The summed E-state index contributed by atoms with van der Waals surface area (Å²) in [6.45, 7) is 0.0360. The van der Waals surface area contributed by atoms with Gasteiger partial charge in [0.05, 0.1) is 12.7 Å². The molecule has 1 fully saturated rings. The zero-order valence-electron chi connectivity index (χ0n) is 12.1. The summed E-state index contributed by atoms with van der Waals surface area (Å²) in [6.07, 6.45) is -3.61. The minimum Gasteiger partial charge on any atom is -0.388 e. The molecular weight excluding hydrogens is 340 g/mol. The number of ether oxygens (including phenoxy) is 2. The number of nitrogens with two attached hydrogens (primary N) is 1. The maximum Gasteiger partial charge on any atom is 0.311 e. The highest BCUT2D eigenvalue weighted by Gasteiger charge is 2.40. The van der Waals surface area contributed by atoms with Crippen molar-refractivity contribution in [3.05, 3.63) is 20.0 Å². The highest BCUT2D eigenvalue weighted by Crippen LogP contribution is 2.32. The number of hydrogen-bond donors (Lipinski definition) is 4. The topological polar surface area (TPSA) is 153 Å². The van der Waals surface area contributed by atoms with Crippen LogP contribution in [0.2, 0.25) is 0 Å². The number of nitrogens with one attached hydrogen (secondary N) is 1. The third-order valence-corrected chi connectivity index (χ3v) is 4.57. The predicted octanol–water partition coefficient (Wildman–Crippen LogP) is -0.980. The molecule has 134 valence electrons. The maximum absolute atomic E-state index is 12.2. The van der Waals surface area contributed by atoms with Crippen LogP contribution in [0.1, 0.15) is 20.1 Å². The second-order valence-electron chi connectivity index (χ2n) is 5.23. The summed E-state index contributed by atoms with van der Waals surface area (Å²) in [6, 6.07) is 0. The van der Waals surface area contributed by atoms with Gasteiger partial charge in [0, 0.05) is 13.5 Å². The Labute approximate surface area is 140 Å². The summed E-state index contributed by atoms with van der Waals surface area (Å²) in [5.74, 6) is -0.141. The Kier molecular flexibility index (Phi) is 5.40. The average molecular weight is 360 g/mol. The molecule has 0 aliphatic carbocycles. The van der Waals surface area contributed by atoms with E-state index in [1.54, 1.807) is 0 Å². The van der Waals surface area contributed by atoms with E-state index in [-0.39, 0.29) is 36.7 Å². The van der Waals surface area contributed by atoms with E-state index in [2.05, 4.69) is 9.97 Å². The van der Waals surface area contributed by atoms with Crippen molar-refractivity contribution >= 4 is 27.6 Å². The molecule has 1 aliphatic rings. The molecule has 11 heteroatoms. The second kappa shape index (κ2) is 6.99. The van der Waals surface area contributed by atoms with E-state index >= 15 is 0 Å². The molecule has 10 nitrogen and oxygen atoms in total. The summed E-state index contributed by atoms with van der Waals surface area (Å²) in [7, 11) is 1.43. The van der Waals surface area contributed by atoms with E-state index in [4.69, 9.17) is 15.2 Å². The quantitative estimate of drug-likeness (QED) is 0.543. The number of fused-ring (bicyclic) bond motifs is 1. The number of methoxy groups -OCH3 is 1. The summed E-state index contributed by atoms with van der Waals surface area (Å²) in [5.41, 5.74) is 5.03. The Morgan fingerprint density at radius 2 is 2.29 bits per heavy atom. The lowest BCUT2D eigenvalue weighted by molar-refractivity contribution is -0.0896. The number of rotatable bonds is 4. The molecule has 3 heterocycles. The highest BCUT2D eigenvalue weighted by atomic mass is 32.1. The monoisotopic (exact) mass is 360 g/mol. The zero-order valence-corrected chi connectivity index (χ0v) is 12.9. The highest BCUT2D eigenvalue weighted by molar-refractivity contribution is 7.16. The van der Waals surface area contributed by atoms with Crippen molar-refractivity contribution in [2.45, 2.75) is 38.4 Å². The summed E-state index contributed by atoms with van der Waals surface area (Å²) in [4.78, 5) is 29.8. The first-order chi connectivity index (χ1) is 10.9. The van der Waals surface area contributed by atoms with Crippen molar-refractivity contribution in [1.82, 2.24) is 14.5 Å². The van der Waals surface area contributed by atoms with E-state index in [9.17, 15) is 19.8 Å². The molecule has 1 unspecified atom stereocenters. The van der Waals surface area contributed by atoms with Crippen LogP contribution in [0.3, 0.4) is 0 Å². The fourth-order valence-electron chi connectivity index (χ4n) is 2.61. The van der Waals surface area contributed by atoms with Gasteiger partial charge < -0.3 is 25.4 Å². The molecule has 4 atom stereocenters. The number of hydrogen-bond acceptors (Lipinski definition) is 9. The fourth-order valence-corrected chi connectivity index (χ4v) is 3.45. The van der Waals surface area contributed by atoms with Gasteiger partial charge in [0.1, 0.15) is 16.9 Å². The molecule has 0 aromatic carbocycles. The zero-order chi connectivity index (χ0) is 16.7. The Balaban J connectivity index is 0.00000208. The lowest BCUT2D eigenvalue weighted by Gasteiger charge is -2.19. The molecule has 0 radical (unpaired) electrons. The Bertz CT molecular complexity index is 830. The summed E-state index contributed by atoms with van der Waals surface area (Å²) < 4.78 is 11.6. The van der Waals surface area contributed by atoms with Crippen LogP contribution in [0.5, 0.6) is 0 Å². The third kappa shape index (κ3) is 3.08. The molecule has 24 heavy (non-hydrogen) atoms. The Morgan fingerprint density at radius 3 is 2.96 bits per heavy atom. The SMILES string of the molecule is C.COCC(O)[C@@H]1C[C@@H](O)[C@H](n2c(=O)sc3c(=O)[nH]c(N)nc32)O1. The van der Waals surface area contributed by atoms with Crippen molar-refractivity contribution in [3.63, 3.8) is 0 Å². The second-order valence-corrected chi connectivity index (χ2v) is 6.19. The number of aromatic nitrogens is 3. The molecule has 2 aromatic heterocycles. The molecule has 2 aromatic rings. The van der Waals surface area contributed by atoms with Crippen LogP contribution in [0.4, 0.5) is 5.95 Å². The molecule has 1 aliphatic heterocycles. The minimum absolute atomic E-state index is 0. The van der Waals surface area contributed by atoms with Crippen molar-refractivity contribution < 1.29 is 19.7 Å². The number of thiazole rings is 1. The Hall–Kier alpha value is -1.79. The van der Waals surface area contributed by atoms with Crippen LogP contribution in [-0.2, 0) is 9.47 Å². The Morgan fingerprint density at radius 1 is 1.58 bits per heavy atom.